The third-order valence-corrected chi connectivity index (χ3v) is 5.50. The molecule has 1 N–H and O–H groups in total. The van der Waals surface area contributed by atoms with Crippen molar-refractivity contribution in [3.63, 3.8) is 0 Å². The van der Waals surface area contributed by atoms with Crippen LogP contribution in [-0.2, 0) is 4.79 Å². The number of nitrogens with one attached hydrogen (secondary N) is 1. The molecule has 0 spiro atoms. The lowest BCUT2D eigenvalue weighted by molar-refractivity contribution is -0.125. The maximum atomic E-state index is 13.3. The van der Waals surface area contributed by atoms with Crippen LogP contribution in [0.25, 0.3) is 11.0 Å². The number of hydrogen-bond acceptors (Lipinski definition) is 6. The van der Waals surface area contributed by atoms with Gasteiger partial charge in [-0.15, -0.1) is 0 Å². The first-order valence-corrected chi connectivity index (χ1v) is 9.88. The number of hydrogen-bond donors (Lipinski definition) is 1. The van der Waals surface area contributed by atoms with Crippen LogP contribution in [0.15, 0.2) is 47.7 Å². The summed E-state index contributed by atoms with van der Waals surface area (Å²) in [4.78, 5) is 19.7. The highest BCUT2D eigenvalue weighted by atomic mass is 16.5. The third kappa shape index (κ3) is 3.15. The zero-order valence-electron chi connectivity index (χ0n) is 18.5. The molecule has 31 heavy (non-hydrogen) atoms. The number of nitrogens with zero attached hydrogens (tertiary/aromatic N) is 3. The molecule has 2 aromatic carbocycles. The van der Waals surface area contributed by atoms with Crippen molar-refractivity contribution in [3.8, 4) is 17.2 Å². The van der Waals surface area contributed by atoms with Crippen LogP contribution in [0.4, 0.5) is 5.95 Å². The summed E-state index contributed by atoms with van der Waals surface area (Å²) in [6.45, 7) is 1.89. The van der Waals surface area contributed by atoms with Crippen LogP contribution >= 0.6 is 0 Å². The molecule has 1 atom stereocenters. The molecule has 4 rings (SSSR count). The van der Waals surface area contributed by atoms with E-state index < -0.39 is 6.04 Å². The number of allylic oxidation sites excluding steroid dienone is 1. The maximum absolute atomic E-state index is 13.3. The molecule has 0 fully saturated rings. The Hall–Kier alpha value is -3.68. The number of imidazole rings is 1. The highest BCUT2D eigenvalue weighted by Crippen LogP contribution is 2.48. The highest BCUT2D eigenvalue weighted by Gasteiger charge is 2.37. The van der Waals surface area contributed by atoms with Crippen LogP contribution in [0.1, 0.15) is 18.5 Å². The van der Waals surface area contributed by atoms with Crippen molar-refractivity contribution in [1.82, 2.24) is 14.5 Å². The van der Waals surface area contributed by atoms with E-state index in [0.717, 1.165) is 22.3 Å². The Morgan fingerprint density at radius 3 is 2.39 bits per heavy atom. The second-order valence-electron chi connectivity index (χ2n) is 7.48. The SMILES string of the molecule is COc1ccc(C2C(C(=O)N(C)C)=C(C)Nc3nc4ccccc4n32)c(OC)c1OC. The second kappa shape index (κ2) is 7.86. The van der Waals surface area contributed by atoms with Crippen LogP contribution in [0.2, 0.25) is 0 Å². The third-order valence-electron chi connectivity index (χ3n) is 5.50. The Morgan fingerprint density at radius 1 is 1.03 bits per heavy atom. The Kier molecular flexibility index (Phi) is 5.22. The van der Waals surface area contributed by atoms with Crippen molar-refractivity contribution in [1.29, 1.82) is 0 Å². The van der Waals surface area contributed by atoms with Gasteiger partial charge in [0.2, 0.25) is 11.7 Å². The first-order chi connectivity index (χ1) is 14.9. The number of amides is 1. The number of likely N-dealkylation sites (N-methyl/N-ethyl adjacent to an activating group) is 1. The van der Waals surface area contributed by atoms with E-state index in [4.69, 9.17) is 19.2 Å². The molecule has 1 aromatic heterocycles. The quantitative estimate of drug-likeness (QED) is 0.679. The maximum Gasteiger partial charge on any atom is 0.253 e. The fourth-order valence-electron chi connectivity index (χ4n) is 4.12. The molecule has 0 aliphatic carbocycles. The summed E-state index contributed by atoms with van der Waals surface area (Å²) < 4.78 is 18.9. The number of fused-ring (bicyclic) bond motifs is 3. The van der Waals surface area contributed by atoms with Gasteiger partial charge in [-0.25, -0.2) is 4.98 Å². The van der Waals surface area contributed by atoms with Gasteiger partial charge < -0.3 is 24.4 Å². The topological polar surface area (TPSA) is 77.9 Å². The van der Waals surface area contributed by atoms with Gasteiger partial charge in [-0.2, -0.15) is 0 Å². The van der Waals surface area contributed by atoms with Gasteiger partial charge in [0.05, 0.1) is 44.0 Å². The molecular weight excluding hydrogens is 396 g/mol. The van der Waals surface area contributed by atoms with Crippen molar-refractivity contribution in [2.45, 2.75) is 13.0 Å². The summed E-state index contributed by atoms with van der Waals surface area (Å²) in [5.41, 5.74) is 3.86. The van der Waals surface area contributed by atoms with Crippen molar-refractivity contribution >= 4 is 22.9 Å². The summed E-state index contributed by atoms with van der Waals surface area (Å²) in [5, 5.41) is 3.31. The molecule has 0 saturated heterocycles. The number of rotatable bonds is 5. The fourth-order valence-corrected chi connectivity index (χ4v) is 4.12. The zero-order chi connectivity index (χ0) is 22.3. The van der Waals surface area contributed by atoms with E-state index in [2.05, 4.69) is 5.32 Å². The molecule has 0 radical (unpaired) electrons. The van der Waals surface area contributed by atoms with Gasteiger partial charge in [0.1, 0.15) is 0 Å². The lowest BCUT2D eigenvalue weighted by Crippen LogP contribution is -2.34. The Morgan fingerprint density at radius 2 is 1.74 bits per heavy atom. The number of benzene rings is 2. The number of carbonyl (C=O) groups excluding carboxylic acids is 1. The lowest BCUT2D eigenvalue weighted by Gasteiger charge is -2.33. The van der Waals surface area contributed by atoms with Crippen LogP contribution in [0.5, 0.6) is 17.2 Å². The lowest BCUT2D eigenvalue weighted by atomic mass is 9.92. The number of anilines is 1. The normalized spacial score (nSPS) is 15.4. The average Bonchev–Trinajstić information content (AvgIpc) is 3.14. The van der Waals surface area contributed by atoms with Gasteiger partial charge in [-0.05, 0) is 31.2 Å². The zero-order valence-corrected chi connectivity index (χ0v) is 18.5. The standard InChI is InChI=1S/C23H26N4O4/c1-13-18(22(28)26(2)3)19(14-11-12-17(29-4)21(31-6)20(14)30-5)27-16-10-8-7-9-15(16)25-23(27)24-13/h7-12,19H,1-6H3,(H,24,25). The number of carbonyl (C=O) groups is 1. The van der Waals surface area contributed by atoms with E-state index in [9.17, 15) is 4.79 Å². The minimum absolute atomic E-state index is 0.102. The van der Waals surface area contributed by atoms with E-state index in [-0.39, 0.29) is 5.91 Å². The monoisotopic (exact) mass is 422 g/mol. The first kappa shape index (κ1) is 20.6. The molecule has 1 aliphatic heterocycles. The van der Waals surface area contributed by atoms with Crippen LogP contribution in [0.3, 0.4) is 0 Å². The van der Waals surface area contributed by atoms with Crippen LogP contribution < -0.4 is 19.5 Å². The number of ether oxygens (including phenoxy) is 3. The predicted molar refractivity (Wildman–Crippen MR) is 119 cm³/mol. The summed E-state index contributed by atoms with van der Waals surface area (Å²) in [7, 11) is 8.21. The Balaban J connectivity index is 2.07. The molecule has 3 aromatic rings. The van der Waals surface area contributed by atoms with Crippen LogP contribution in [-0.4, -0.2) is 55.8 Å². The van der Waals surface area contributed by atoms with Gasteiger partial charge in [0.15, 0.2) is 11.5 Å². The minimum atomic E-state index is -0.478. The molecule has 8 nitrogen and oxygen atoms in total. The van der Waals surface area contributed by atoms with E-state index in [1.54, 1.807) is 40.3 Å². The summed E-state index contributed by atoms with van der Waals surface area (Å²) >= 11 is 0. The fraction of sp³-hybridized carbons (Fsp3) is 0.304. The minimum Gasteiger partial charge on any atom is -0.493 e. The molecule has 2 heterocycles. The van der Waals surface area contributed by atoms with Gasteiger partial charge >= 0.3 is 0 Å². The summed E-state index contributed by atoms with van der Waals surface area (Å²) in [6, 6.07) is 11.1. The molecule has 0 saturated carbocycles. The Labute approximate surface area is 181 Å². The molecular formula is C23H26N4O4. The average molecular weight is 422 g/mol. The second-order valence-corrected chi connectivity index (χ2v) is 7.48. The number of aromatic nitrogens is 2. The van der Waals surface area contributed by atoms with Crippen LogP contribution in [0, 0.1) is 0 Å². The molecule has 1 amide bonds. The van der Waals surface area contributed by atoms with Gasteiger partial charge in [-0.3, -0.25) is 9.36 Å². The predicted octanol–water partition coefficient (Wildman–Crippen LogP) is 3.44. The van der Waals surface area contributed by atoms with Gasteiger partial charge in [0, 0.05) is 25.4 Å². The van der Waals surface area contributed by atoms with Crippen molar-refractivity contribution in [3.05, 3.63) is 53.2 Å². The first-order valence-electron chi connectivity index (χ1n) is 9.88. The highest BCUT2D eigenvalue weighted by molar-refractivity contribution is 5.97. The molecule has 8 heteroatoms. The molecule has 1 aliphatic rings. The molecule has 0 bridgehead atoms. The van der Waals surface area contributed by atoms with Gasteiger partial charge in [0.25, 0.3) is 5.91 Å². The van der Waals surface area contributed by atoms with Crippen molar-refractivity contribution < 1.29 is 19.0 Å². The largest absolute Gasteiger partial charge is 0.493 e. The van der Waals surface area contributed by atoms with Gasteiger partial charge in [-0.1, -0.05) is 12.1 Å². The van der Waals surface area contributed by atoms with E-state index >= 15 is 0 Å². The van der Waals surface area contributed by atoms with E-state index in [0.29, 0.717) is 28.8 Å². The molecule has 1 unspecified atom stereocenters. The van der Waals surface area contributed by atoms with E-state index in [1.807, 2.05) is 47.9 Å². The van der Waals surface area contributed by atoms with Crippen molar-refractivity contribution in [2.24, 2.45) is 0 Å². The Bertz CT molecular complexity index is 1200. The number of para-hydroxylation sites is 2. The summed E-state index contributed by atoms with van der Waals surface area (Å²) in [6.07, 6.45) is 0. The van der Waals surface area contributed by atoms with E-state index in [1.165, 1.54) is 0 Å². The van der Waals surface area contributed by atoms with Crippen molar-refractivity contribution in [2.75, 3.05) is 40.7 Å². The molecule has 162 valence electrons. The number of methoxy groups -OCH3 is 3. The smallest absolute Gasteiger partial charge is 0.253 e. The summed E-state index contributed by atoms with van der Waals surface area (Å²) in [5.74, 6) is 2.09.